The van der Waals surface area contributed by atoms with Gasteiger partial charge in [0.1, 0.15) is 5.56 Å². The maximum absolute atomic E-state index is 10.9. The van der Waals surface area contributed by atoms with E-state index in [1.807, 2.05) is 0 Å². The molecule has 0 amide bonds. The van der Waals surface area contributed by atoms with Gasteiger partial charge in [0.15, 0.2) is 5.65 Å². The fraction of sp³-hybridized carbons (Fsp3) is 0.125. The third-order valence-electron chi connectivity index (χ3n) is 1.97. The Kier molecular flexibility index (Phi) is 1.93. The van der Waals surface area contributed by atoms with E-state index < -0.39 is 5.97 Å². The lowest BCUT2D eigenvalue weighted by atomic mass is 10.2. The molecule has 0 spiro atoms. The zero-order valence-corrected chi connectivity index (χ0v) is 7.93. The Labute approximate surface area is 84.5 Å². The molecule has 2 heterocycles. The predicted molar refractivity (Wildman–Crippen MR) is 53.9 cm³/mol. The van der Waals surface area contributed by atoms with Crippen LogP contribution in [0, 0.1) is 0 Å². The number of nitrogens with one attached hydrogen (secondary N) is 1. The summed E-state index contributed by atoms with van der Waals surface area (Å²) in [5.41, 5.74) is 6.32. The summed E-state index contributed by atoms with van der Waals surface area (Å²) in [6.45, 7) is 0. The number of nitrogen functional groups attached to an aromatic ring is 1. The Bertz CT molecular complexity index is 533. The zero-order chi connectivity index (χ0) is 11.0. The van der Waals surface area contributed by atoms with Gasteiger partial charge in [0.25, 0.3) is 0 Å². The number of nitrogens with zero attached hydrogens (tertiary/aromatic N) is 3. The number of carboxylic acids is 1. The largest absolute Gasteiger partial charge is 0.478 e. The van der Waals surface area contributed by atoms with Gasteiger partial charge in [0.05, 0.1) is 11.9 Å². The van der Waals surface area contributed by atoms with E-state index in [0.29, 0.717) is 5.69 Å². The quantitative estimate of drug-likeness (QED) is 0.642. The molecule has 2 aromatic rings. The summed E-state index contributed by atoms with van der Waals surface area (Å²) in [6, 6.07) is 1.48. The lowest BCUT2D eigenvalue weighted by molar-refractivity contribution is 0.0698. The van der Waals surface area contributed by atoms with Crippen molar-refractivity contribution >= 4 is 23.3 Å². The summed E-state index contributed by atoms with van der Waals surface area (Å²) in [5.74, 6) is -1.02. The molecule has 0 aliphatic heterocycles. The first-order valence-electron chi connectivity index (χ1n) is 4.19. The fourth-order valence-electron chi connectivity index (χ4n) is 1.30. The molecule has 0 aliphatic rings. The first-order chi connectivity index (χ1) is 7.11. The van der Waals surface area contributed by atoms with Crippen molar-refractivity contribution in [2.45, 2.75) is 0 Å². The number of anilines is 2. The van der Waals surface area contributed by atoms with Gasteiger partial charge in [-0.1, -0.05) is 0 Å². The van der Waals surface area contributed by atoms with Crippen LogP contribution >= 0.6 is 0 Å². The minimum Gasteiger partial charge on any atom is -0.478 e. The number of hydrogen-bond acceptors (Lipinski definition) is 5. The highest BCUT2D eigenvalue weighted by Crippen LogP contribution is 2.15. The Morgan fingerprint density at radius 1 is 1.67 bits per heavy atom. The molecule has 0 bridgehead atoms. The number of pyridine rings is 1. The van der Waals surface area contributed by atoms with E-state index in [4.69, 9.17) is 10.8 Å². The summed E-state index contributed by atoms with van der Waals surface area (Å²) >= 11 is 0. The van der Waals surface area contributed by atoms with Gasteiger partial charge in [0, 0.05) is 7.05 Å². The van der Waals surface area contributed by atoms with Crippen LogP contribution in [0.2, 0.25) is 0 Å². The molecular weight excluding hydrogens is 198 g/mol. The van der Waals surface area contributed by atoms with Gasteiger partial charge in [-0.2, -0.15) is 4.98 Å². The SMILES string of the molecule is CNc1cc(C(=O)O)c2nc(N)nn2c1. The molecule has 15 heavy (non-hydrogen) atoms. The second kappa shape index (κ2) is 3.12. The number of carbonyl (C=O) groups is 1. The molecular formula is C8H9N5O2. The zero-order valence-electron chi connectivity index (χ0n) is 7.93. The van der Waals surface area contributed by atoms with E-state index in [1.54, 1.807) is 13.2 Å². The molecule has 0 saturated carbocycles. The van der Waals surface area contributed by atoms with Crippen LogP contribution in [0.25, 0.3) is 5.65 Å². The van der Waals surface area contributed by atoms with E-state index in [2.05, 4.69) is 15.4 Å². The normalized spacial score (nSPS) is 10.5. The summed E-state index contributed by atoms with van der Waals surface area (Å²) in [6.07, 6.45) is 1.62. The number of aromatic carboxylic acids is 1. The van der Waals surface area contributed by atoms with Gasteiger partial charge in [0.2, 0.25) is 5.95 Å². The molecule has 4 N–H and O–H groups in total. The van der Waals surface area contributed by atoms with Crippen LogP contribution in [0.1, 0.15) is 10.4 Å². The first-order valence-corrected chi connectivity index (χ1v) is 4.19. The third kappa shape index (κ3) is 1.43. The van der Waals surface area contributed by atoms with Crippen LogP contribution < -0.4 is 11.1 Å². The van der Waals surface area contributed by atoms with Crippen molar-refractivity contribution in [3.8, 4) is 0 Å². The fourth-order valence-corrected chi connectivity index (χ4v) is 1.30. The van der Waals surface area contributed by atoms with Crippen molar-refractivity contribution < 1.29 is 9.90 Å². The number of carboxylic acid groups (broad SMARTS) is 1. The highest BCUT2D eigenvalue weighted by atomic mass is 16.4. The van der Waals surface area contributed by atoms with Crippen molar-refractivity contribution in [1.29, 1.82) is 0 Å². The van der Waals surface area contributed by atoms with Gasteiger partial charge in [-0.05, 0) is 6.07 Å². The van der Waals surface area contributed by atoms with Crippen LogP contribution in [-0.2, 0) is 0 Å². The highest BCUT2D eigenvalue weighted by Gasteiger charge is 2.13. The van der Waals surface area contributed by atoms with Crippen LogP contribution in [0.4, 0.5) is 11.6 Å². The van der Waals surface area contributed by atoms with Crippen molar-refractivity contribution in [3.05, 3.63) is 17.8 Å². The lowest BCUT2D eigenvalue weighted by Gasteiger charge is -2.02. The van der Waals surface area contributed by atoms with Crippen LogP contribution in [0.15, 0.2) is 12.3 Å². The van der Waals surface area contributed by atoms with Crippen LogP contribution in [0.5, 0.6) is 0 Å². The van der Waals surface area contributed by atoms with Crippen LogP contribution in [0.3, 0.4) is 0 Å². The molecule has 0 saturated heterocycles. The Morgan fingerprint density at radius 3 is 3.00 bits per heavy atom. The maximum atomic E-state index is 10.9. The average molecular weight is 207 g/mol. The smallest absolute Gasteiger partial charge is 0.339 e. The summed E-state index contributed by atoms with van der Waals surface area (Å²) in [7, 11) is 1.69. The van der Waals surface area contributed by atoms with E-state index in [-0.39, 0.29) is 17.2 Å². The molecule has 0 atom stereocenters. The Morgan fingerprint density at radius 2 is 2.40 bits per heavy atom. The molecule has 78 valence electrons. The van der Waals surface area contributed by atoms with E-state index in [1.165, 1.54) is 10.6 Å². The minimum absolute atomic E-state index is 0.0470. The number of hydrogen-bond donors (Lipinski definition) is 3. The number of fused-ring (bicyclic) bond motifs is 1. The summed E-state index contributed by atoms with van der Waals surface area (Å²) < 4.78 is 1.34. The van der Waals surface area contributed by atoms with Crippen molar-refractivity contribution in [3.63, 3.8) is 0 Å². The highest BCUT2D eigenvalue weighted by molar-refractivity contribution is 5.95. The van der Waals surface area contributed by atoms with Gasteiger partial charge in [-0.25, -0.2) is 9.31 Å². The lowest BCUT2D eigenvalue weighted by Crippen LogP contribution is -2.03. The first kappa shape index (κ1) is 9.25. The standard InChI is InChI=1S/C8H9N5O2/c1-10-4-2-5(7(14)15)6-11-8(9)12-13(6)3-4/h2-3,10H,1H3,(H2,9,12)(H,14,15). The van der Waals surface area contributed by atoms with Crippen molar-refractivity contribution in [2.75, 3.05) is 18.1 Å². The second-order valence-corrected chi connectivity index (χ2v) is 2.94. The molecule has 0 aromatic carbocycles. The van der Waals surface area contributed by atoms with E-state index >= 15 is 0 Å². The summed E-state index contributed by atoms with van der Waals surface area (Å²) in [4.78, 5) is 14.8. The number of rotatable bonds is 2. The van der Waals surface area contributed by atoms with Crippen molar-refractivity contribution in [1.82, 2.24) is 14.6 Å². The van der Waals surface area contributed by atoms with Gasteiger partial charge < -0.3 is 16.2 Å². The van der Waals surface area contributed by atoms with Crippen molar-refractivity contribution in [2.24, 2.45) is 0 Å². The van der Waals surface area contributed by atoms with E-state index in [9.17, 15) is 4.79 Å². The molecule has 0 radical (unpaired) electrons. The third-order valence-corrected chi connectivity index (χ3v) is 1.97. The Balaban J connectivity index is 2.79. The number of aromatic nitrogens is 3. The molecule has 0 fully saturated rings. The number of nitrogens with two attached hydrogens (primary N) is 1. The molecule has 2 rings (SSSR count). The second-order valence-electron chi connectivity index (χ2n) is 2.94. The molecule has 7 nitrogen and oxygen atoms in total. The molecule has 2 aromatic heterocycles. The van der Waals surface area contributed by atoms with E-state index in [0.717, 1.165) is 0 Å². The monoisotopic (exact) mass is 207 g/mol. The van der Waals surface area contributed by atoms with Gasteiger partial charge in [-0.3, -0.25) is 0 Å². The molecule has 0 aliphatic carbocycles. The maximum Gasteiger partial charge on any atom is 0.339 e. The average Bonchev–Trinajstić information content (AvgIpc) is 2.55. The predicted octanol–water partition coefficient (Wildman–Crippen LogP) is 0.0514. The Hall–Kier alpha value is -2.31. The van der Waals surface area contributed by atoms with Gasteiger partial charge in [-0.15, -0.1) is 5.10 Å². The van der Waals surface area contributed by atoms with Crippen LogP contribution in [-0.4, -0.2) is 32.7 Å². The molecule has 0 unspecified atom stereocenters. The van der Waals surface area contributed by atoms with Gasteiger partial charge >= 0.3 is 5.97 Å². The minimum atomic E-state index is -1.07. The summed E-state index contributed by atoms with van der Waals surface area (Å²) in [5, 5.41) is 15.6. The molecule has 7 heteroatoms. The topological polar surface area (TPSA) is 106 Å².